The monoisotopic (exact) mass is 526 g/mol. The fourth-order valence-electron chi connectivity index (χ4n) is 5.18. The minimum absolute atomic E-state index is 0.225. The Kier molecular flexibility index (Phi) is 20.0. The molecule has 0 bridgehead atoms. The minimum atomic E-state index is -0.933. The summed E-state index contributed by atoms with van der Waals surface area (Å²) in [5, 5.41) is 28.5. The van der Waals surface area contributed by atoms with Gasteiger partial charge in [-0.15, -0.1) is 0 Å². The summed E-state index contributed by atoms with van der Waals surface area (Å²) in [5.74, 6) is -4.80. The van der Waals surface area contributed by atoms with Gasteiger partial charge in [0.05, 0.1) is 26.2 Å². The van der Waals surface area contributed by atoms with Crippen molar-refractivity contribution in [3.05, 3.63) is 12.2 Å². The molecule has 0 heterocycles. The maximum Gasteiger partial charge on any atom is 0.311 e. The largest absolute Gasteiger partial charge is 0.481 e. The number of rotatable bonds is 25. The Bertz CT molecular complexity index is 607. The van der Waals surface area contributed by atoms with Crippen LogP contribution in [0.4, 0.5) is 0 Å². The highest BCUT2D eigenvalue weighted by Crippen LogP contribution is 2.22. The molecule has 0 aliphatic heterocycles. The third-order valence-corrected chi connectivity index (χ3v) is 7.37. The van der Waals surface area contributed by atoms with Crippen LogP contribution < -0.4 is 0 Å². The highest BCUT2D eigenvalue weighted by atomic mass is 16.4. The van der Waals surface area contributed by atoms with Crippen LogP contribution in [0.3, 0.4) is 0 Å². The molecule has 0 rings (SSSR count). The third-order valence-electron chi connectivity index (χ3n) is 7.37. The summed E-state index contributed by atoms with van der Waals surface area (Å²) < 4.78 is 0.225. The molecule has 7 heteroatoms. The summed E-state index contributed by atoms with van der Waals surface area (Å²) in [6.45, 7) is 8.43. The number of quaternary nitrogens is 1. The van der Waals surface area contributed by atoms with Gasteiger partial charge in [-0.2, -0.15) is 0 Å². The number of allylic oxidation sites excluding steroid dienone is 2. The van der Waals surface area contributed by atoms with E-state index >= 15 is 0 Å². The van der Waals surface area contributed by atoms with Gasteiger partial charge in [0.2, 0.25) is 0 Å². The standard InChI is InChI=1S/C30H55NO6/c1-5-6-7-8-9-10-11-12-13-14-15-16-17-18-19-20-21-31(22-25(2)28(32)33,23-26(3)29(34)35)24-27(4)30(36)37/h7-8,25-27H,5-6,9-24H2,1-4H3,(H2-,32,33,34,35,36,37)/p+1/b8-7+. The number of hydrogen-bond acceptors (Lipinski definition) is 3. The molecule has 0 fully saturated rings. The molecule has 0 aliphatic carbocycles. The average molecular weight is 527 g/mol. The van der Waals surface area contributed by atoms with Crippen molar-refractivity contribution in [1.82, 2.24) is 0 Å². The first-order chi connectivity index (χ1) is 17.5. The second-order valence-corrected chi connectivity index (χ2v) is 11.3. The molecule has 0 aromatic heterocycles. The number of hydrogen-bond donors (Lipinski definition) is 3. The van der Waals surface area contributed by atoms with Crippen molar-refractivity contribution in [1.29, 1.82) is 0 Å². The van der Waals surface area contributed by atoms with Crippen molar-refractivity contribution >= 4 is 17.9 Å². The van der Waals surface area contributed by atoms with Crippen LogP contribution in [-0.4, -0.2) is 63.9 Å². The number of unbranched alkanes of at least 4 members (excludes halogenated alkanes) is 12. The van der Waals surface area contributed by atoms with E-state index in [1.807, 2.05) is 0 Å². The zero-order chi connectivity index (χ0) is 28.1. The average Bonchev–Trinajstić information content (AvgIpc) is 2.83. The molecule has 0 aromatic carbocycles. The van der Waals surface area contributed by atoms with E-state index < -0.39 is 35.7 Å². The van der Waals surface area contributed by atoms with Crippen molar-refractivity contribution in [2.75, 3.05) is 26.2 Å². The summed E-state index contributed by atoms with van der Waals surface area (Å²) in [5.41, 5.74) is 0. The molecule has 216 valence electrons. The molecule has 7 nitrogen and oxygen atoms in total. The highest BCUT2D eigenvalue weighted by molar-refractivity contribution is 5.70. The van der Waals surface area contributed by atoms with E-state index in [1.54, 1.807) is 20.8 Å². The molecule has 0 saturated carbocycles. The van der Waals surface area contributed by atoms with Gasteiger partial charge in [0, 0.05) is 0 Å². The minimum Gasteiger partial charge on any atom is -0.481 e. The summed E-state index contributed by atoms with van der Waals surface area (Å²) in [6, 6.07) is 0. The first-order valence-corrected chi connectivity index (χ1v) is 14.7. The third kappa shape index (κ3) is 18.1. The van der Waals surface area contributed by atoms with Crippen molar-refractivity contribution in [3.63, 3.8) is 0 Å². The van der Waals surface area contributed by atoms with Gasteiger partial charge in [-0.25, -0.2) is 0 Å². The van der Waals surface area contributed by atoms with Crippen molar-refractivity contribution < 1.29 is 34.2 Å². The summed E-state index contributed by atoms with van der Waals surface area (Å²) in [6.07, 6.45) is 21.4. The van der Waals surface area contributed by atoms with Gasteiger partial charge in [-0.05, 0) is 52.9 Å². The van der Waals surface area contributed by atoms with E-state index in [-0.39, 0.29) is 24.1 Å². The molecule has 3 unspecified atom stereocenters. The van der Waals surface area contributed by atoms with Gasteiger partial charge in [-0.1, -0.05) is 76.9 Å². The quantitative estimate of drug-likeness (QED) is 0.0670. The molecule has 0 radical (unpaired) electrons. The van der Waals surface area contributed by atoms with Crippen molar-refractivity contribution in [2.45, 2.75) is 118 Å². The lowest BCUT2D eigenvalue weighted by atomic mass is 10.00. The predicted molar refractivity (Wildman–Crippen MR) is 150 cm³/mol. The molecular formula is C30H56NO6+. The molecule has 3 atom stereocenters. The number of carboxylic acid groups (broad SMARTS) is 3. The van der Waals surface area contributed by atoms with E-state index in [0.29, 0.717) is 6.54 Å². The zero-order valence-electron chi connectivity index (χ0n) is 24.1. The van der Waals surface area contributed by atoms with Crippen LogP contribution in [0.15, 0.2) is 12.2 Å². The summed E-state index contributed by atoms with van der Waals surface area (Å²) in [4.78, 5) is 34.8. The predicted octanol–water partition coefficient (Wildman–Crippen LogP) is 7.00. The second-order valence-electron chi connectivity index (χ2n) is 11.3. The Morgan fingerprint density at radius 1 is 0.568 bits per heavy atom. The number of carboxylic acids is 3. The van der Waals surface area contributed by atoms with Gasteiger partial charge < -0.3 is 19.8 Å². The maximum atomic E-state index is 11.6. The van der Waals surface area contributed by atoms with E-state index in [0.717, 1.165) is 19.3 Å². The Balaban J connectivity index is 4.49. The van der Waals surface area contributed by atoms with Crippen LogP contribution in [0.2, 0.25) is 0 Å². The Morgan fingerprint density at radius 3 is 1.24 bits per heavy atom. The van der Waals surface area contributed by atoms with Crippen LogP contribution in [0, 0.1) is 17.8 Å². The lowest BCUT2D eigenvalue weighted by Gasteiger charge is -2.42. The molecule has 3 N–H and O–H groups in total. The molecular weight excluding hydrogens is 470 g/mol. The van der Waals surface area contributed by atoms with Gasteiger partial charge in [0.25, 0.3) is 0 Å². The van der Waals surface area contributed by atoms with E-state index in [1.165, 1.54) is 70.6 Å². The fraction of sp³-hybridized carbons (Fsp3) is 0.833. The zero-order valence-corrected chi connectivity index (χ0v) is 24.1. The molecule has 0 aromatic rings. The van der Waals surface area contributed by atoms with Gasteiger partial charge in [0.1, 0.15) is 17.8 Å². The van der Waals surface area contributed by atoms with Crippen molar-refractivity contribution in [3.8, 4) is 0 Å². The Labute approximate surface area is 225 Å². The lowest BCUT2D eigenvalue weighted by molar-refractivity contribution is -0.934. The van der Waals surface area contributed by atoms with Crippen LogP contribution in [0.1, 0.15) is 118 Å². The van der Waals surface area contributed by atoms with Gasteiger partial charge in [-0.3, -0.25) is 14.4 Å². The van der Waals surface area contributed by atoms with Gasteiger partial charge in [0.15, 0.2) is 0 Å². The van der Waals surface area contributed by atoms with Crippen LogP contribution in [-0.2, 0) is 14.4 Å². The first kappa shape index (κ1) is 35.1. The number of carbonyl (C=O) groups is 3. The van der Waals surface area contributed by atoms with E-state index in [9.17, 15) is 29.7 Å². The molecule has 0 saturated heterocycles. The van der Waals surface area contributed by atoms with Crippen LogP contribution >= 0.6 is 0 Å². The van der Waals surface area contributed by atoms with Crippen LogP contribution in [0.5, 0.6) is 0 Å². The summed E-state index contributed by atoms with van der Waals surface area (Å²) >= 11 is 0. The molecule has 0 aliphatic rings. The Hall–Kier alpha value is -1.89. The normalized spacial score (nSPS) is 15.8. The molecule has 0 spiro atoms. The topological polar surface area (TPSA) is 112 Å². The van der Waals surface area contributed by atoms with Crippen LogP contribution in [0.25, 0.3) is 0 Å². The SMILES string of the molecule is CCC/C=C/CCCCCCCCCCCCC[N+](CC(C)C(=O)O)(CC(C)C(=O)O)CC(C)C(=O)O. The highest BCUT2D eigenvalue weighted by Gasteiger charge is 2.38. The fourth-order valence-corrected chi connectivity index (χ4v) is 5.18. The first-order valence-electron chi connectivity index (χ1n) is 14.7. The van der Waals surface area contributed by atoms with E-state index in [2.05, 4.69) is 19.1 Å². The molecule has 37 heavy (non-hydrogen) atoms. The maximum absolute atomic E-state index is 11.6. The summed E-state index contributed by atoms with van der Waals surface area (Å²) in [7, 11) is 0. The molecule has 0 amide bonds. The second kappa shape index (κ2) is 21.1. The number of aliphatic carboxylic acids is 3. The van der Waals surface area contributed by atoms with E-state index in [4.69, 9.17) is 0 Å². The van der Waals surface area contributed by atoms with Gasteiger partial charge >= 0.3 is 17.9 Å². The smallest absolute Gasteiger partial charge is 0.311 e. The Morgan fingerprint density at radius 2 is 0.892 bits per heavy atom. The lowest BCUT2D eigenvalue weighted by Crippen LogP contribution is -2.57. The van der Waals surface area contributed by atoms with Crippen molar-refractivity contribution in [2.24, 2.45) is 17.8 Å². The number of nitrogens with zero attached hydrogens (tertiary/aromatic N) is 1.